The van der Waals surface area contributed by atoms with Gasteiger partial charge in [0.05, 0.1) is 0 Å². The number of anilines is 1. The fourth-order valence-electron chi connectivity index (χ4n) is 0.950. The number of aromatic nitrogens is 1. The highest BCUT2D eigenvalue weighted by Gasteiger charge is 2.02. The van der Waals surface area contributed by atoms with Crippen LogP contribution in [0, 0.1) is 0 Å². The number of nitrogens with two attached hydrogens (primary N) is 1. The highest BCUT2D eigenvalue weighted by molar-refractivity contribution is 5.30. The summed E-state index contributed by atoms with van der Waals surface area (Å²) in [7, 11) is 0. The summed E-state index contributed by atoms with van der Waals surface area (Å²) < 4.78 is 0. The van der Waals surface area contributed by atoms with E-state index in [9.17, 15) is 4.79 Å². The van der Waals surface area contributed by atoms with Gasteiger partial charge in [-0.15, -0.1) is 0 Å². The van der Waals surface area contributed by atoms with Gasteiger partial charge >= 0.3 is 0 Å². The van der Waals surface area contributed by atoms with Crippen molar-refractivity contribution in [1.82, 2.24) is 4.98 Å². The van der Waals surface area contributed by atoms with Crippen molar-refractivity contribution in [3.05, 3.63) is 28.0 Å². The predicted molar refractivity (Wildman–Crippen MR) is 45.6 cm³/mol. The van der Waals surface area contributed by atoms with Gasteiger partial charge in [-0.3, -0.25) is 4.79 Å². The maximum Gasteiger partial charge on any atom is 0.187 e. The van der Waals surface area contributed by atoms with Crippen molar-refractivity contribution < 1.29 is 0 Å². The van der Waals surface area contributed by atoms with Gasteiger partial charge in [-0.25, -0.2) is 0 Å². The normalized spacial score (nSPS) is 10.5. The number of nitrogens with one attached hydrogen (secondary N) is 1. The Balaban J connectivity index is 3.21. The van der Waals surface area contributed by atoms with Crippen molar-refractivity contribution in [3.63, 3.8) is 0 Å². The third kappa shape index (κ3) is 1.61. The van der Waals surface area contributed by atoms with Crippen LogP contribution in [0.1, 0.15) is 25.3 Å². The number of hydrogen-bond donors (Lipinski definition) is 2. The summed E-state index contributed by atoms with van der Waals surface area (Å²) in [5.41, 5.74) is 6.16. The standard InChI is InChI=1S/C8H12N2O/c1-5(2)6-4-10-8(9)3-7(6)11/h3-5H,1-2H3,(H3,9,10,11). The topological polar surface area (TPSA) is 58.9 Å². The van der Waals surface area contributed by atoms with Crippen molar-refractivity contribution >= 4 is 5.82 Å². The zero-order valence-corrected chi connectivity index (χ0v) is 6.72. The fraction of sp³-hybridized carbons (Fsp3) is 0.375. The molecule has 3 N–H and O–H groups in total. The van der Waals surface area contributed by atoms with Gasteiger partial charge in [0.15, 0.2) is 5.43 Å². The van der Waals surface area contributed by atoms with E-state index in [4.69, 9.17) is 5.73 Å². The molecule has 0 radical (unpaired) electrons. The molecule has 0 fully saturated rings. The van der Waals surface area contributed by atoms with Crippen molar-refractivity contribution in [3.8, 4) is 0 Å². The second-order valence-corrected chi connectivity index (χ2v) is 2.86. The van der Waals surface area contributed by atoms with Gasteiger partial charge in [0, 0.05) is 17.8 Å². The van der Waals surface area contributed by atoms with E-state index >= 15 is 0 Å². The van der Waals surface area contributed by atoms with Crippen molar-refractivity contribution in [1.29, 1.82) is 0 Å². The third-order valence-electron chi connectivity index (χ3n) is 1.59. The second-order valence-electron chi connectivity index (χ2n) is 2.86. The highest BCUT2D eigenvalue weighted by atomic mass is 16.1. The van der Waals surface area contributed by atoms with Crippen LogP contribution in [0.15, 0.2) is 17.1 Å². The molecule has 60 valence electrons. The Morgan fingerprint density at radius 2 is 2.18 bits per heavy atom. The lowest BCUT2D eigenvalue weighted by Gasteiger charge is -2.02. The molecule has 0 saturated carbocycles. The van der Waals surface area contributed by atoms with Gasteiger partial charge in [-0.05, 0) is 5.92 Å². The molecule has 0 spiro atoms. The summed E-state index contributed by atoms with van der Waals surface area (Å²) in [5, 5.41) is 0. The summed E-state index contributed by atoms with van der Waals surface area (Å²) in [6.07, 6.45) is 1.67. The Labute approximate surface area is 65.2 Å². The van der Waals surface area contributed by atoms with Crippen LogP contribution in [-0.2, 0) is 0 Å². The molecule has 0 amide bonds. The number of hydrogen-bond acceptors (Lipinski definition) is 2. The minimum Gasteiger partial charge on any atom is -0.385 e. The molecule has 11 heavy (non-hydrogen) atoms. The number of H-pyrrole nitrogens is 1. The van der Waals surface area contributed by atoms with Crippen molar-refractivity contribution in [2.75, 3.05) is 5.73 Å². The summed E-state index contributed by atoms with van der Waals surface area (Å²) in [6.45, 7) is 3.95. The number of nitrogen functional groups attached to an aromatic ring is 1. The fourth-order valence-corrected chi connectivity index (χ4v) is 0.950. The molecule has 0 aliphatic carbocycles. The maximum absolute atomic E-state index is 11.2. The Morgan fingerprint density at radius 1 is 1.55 bits per heavy atom. The lowest BCUT2D eigenvalue weighted by atomic mass is 10.1. The smallest absolute Gasteiger partial charge is 0.187 e. The summed E-state index contributed by atoms with van der Waals surface area (Å²) >= 11 is 0. The molecule has 0 atom stereocenters. The molecule has 0 unspecified atom stereocenters. The molecule has 1 rings (SSSR count). The zero-order valence-electron chi connectivity index (χ0n) is 6.72. The Morgan fingerprint density at radius 3 is 2.64 bits per heavy atom. The average Bonchev–Trinajstić information content (AvgIpc) is 1.85. The van der Waals surface area contributed by atoms with Gasteiger partial charge in [0.2, 0.25) is 0 Å². The Kier molecular flexibility index (Phi) is 1.98. The monoisotopic (exact) mass is 152 g/mol. The van der Waals surface area contributed by atoms with E-state index in [-0.39, 0.29) is 11.3 Å². The molecule has 3 nitrogen and oxygen atoms in total. The molecule has 0 aromatic carbocycles. The molecule has 1 aromatic rings. The molecule has 0 saturated heterocycles. The van der Waals surface area contributed by atoms with Crippen LogP contribution in [0.25, 0.3) is 0 Å². The van der Waals surface area contributed by atoms with E-state index in [1.165, 1.54) is 6.07 Å². The van der Waals surface area contributed by atoms with Crippen LogP contribution in [0.4, 0.5) is 5.82 Å². The second kappa shape index (κ2) is 2.78. The summed E-state index contributed by atoms with van der Waals surface area (Å²) in [4.78, 5) is 14.0. The molecule has 1 heterocycles. The zero-order chi connectivity index (χ0) is 8.43. The van der Waals surface area contributed by atoms with E-state index in [1.807, 2.05) is 13.8 Å². The molecule has 3 heteroatoms. The molecular weight excluding hydrogens is 140 g/mol. The van der Waals surface area contributed by atoms with Gasteiger partial charge in [-0.2, -0.15) is 0 Å². The first kappa shape index (κ1) is 7.85. The van der Waals surface area contributed by atoms with E-state index in [0.717, 1.165) is 5.56 Å². The maximum atomic E-state index is 11.2. The minimum atomic E-state index is 0.0104. The quantitative estimate of drug-likeness (QED) is 0.632. The average molecular weight is 152 g/mol. The Hall–Kier alpha value is -1.25. The van der Waals surface area contributed by atoms with Crippen LogP contribution >= 0.6 is 0 Å². The minimum absolute atomic E-state index is 0.0104. The van der Waals surface area contributed by atoms with Crippen LogP contribution in [0.2, 0.25) is 0 Å². The van der Waals surface area contributed by atoms with E-state index < -0.39 is 0 Å². The highest BCUT2D eigenvalue weighted by Crippen LogP contribution is 2.07. The molecule has 0 aliphatic heterocycles. The first-order chi connectivity index (χ1) is 5.11. The van der Waals surface area contributed by atoms with Crippen molar-refractivity contribution in [2.45, 2.75) is 19.8 Å². The molecule has 0 aliphatic rings. The largest absolute Gasteiger partial charge is 0.385 e. The lowest BCUT2D eigenvalue weighted by molar-refractivity contribution is 0.849. The first-order valence-electron chi connectivity index (χ1n) is 3.59. The SMILES string of the molecule is CC(C)c1c[nH]c(N)cc1=O. The molecular formula is C8H12N2O. The van der Waals surface area contributed by atoms with E-state index in [1.54, 1.807) is 6.20 Å². The third-order valence-corrected chi connectivity index (χ3v) is 1.59. The number of aromatic amines is 1. The lowest BCUT2D eigenvalue weighted by Crippen LogP contribution is -2.11. The number of rotatable bonds is 1. The Bertz CT molecular complexity index is 301. The van der Waals surface area contributed by atoms with Gasteiger partial charge in [0.1, 0.15) is 5.82 Å². The summed E-state index contributed by atoms with van der Waals surface area (Å²) in [5.74, 6) is 0.666. The van der Waals surface area contributed by atoms with Gasteiger partial charge in [0.25, 0.3) is 0 Å². The van der Waals surface area contributed by atoms with E-state index in [2.05, 4.69) is 4.98 Å². The predicted octanol–water partition coefficient (Wildman–Crippen LogP) is 1.08. The number of pyridine rings is 1. The van der Waals surface area contributed by atoms with E-state index in [0.29, 0.717) is 5.82 Å². The summed E-state index contributed by atoms with van der Waals surface area (Å²) in [6, 6.07) is 1.41. The van der Waals surface area contributed by atoms with Crippen LogP contribution in [-0.4, -0.2) is 4.98 Å². The first-order valence-corrected chi connectivity index (χ1v) is 3.59. The molecule has 0 bridgehead atoms. The van der Waals surface area contributed by atoms with Crippen LogP contribution in [0.3, 0.4) is 0 Å². The molecule has 1 aromatic heterocycles. The van der Waals surface area contributed by atoms with Crippen LogP contribution in [0.5, 0.6) is 0 Å². The van der Waals surface area contributed by atoms with Gasteiger partial charge < -0.3 is 10.7 Å². The van der Waals surface area contributed by atoms with Crippen LogP contribution < -0.4 is 11.2 Å². The van der Waals surface area contributed by atoms with Crippen molar-refractivity contribution in [2.24, 2.45) is 0 Å². The van der Waals surface area contributed by atoms with Gasteiger partial charge in [-0.1, -0.05) is 13.8 Å².